The summed E-state index contributed by atoms with van der Waals surface area (Å²) in [5, 5.41) is 16.2. The SMILES string of the molecule is CC(C)(C)c1cc(C(C)(C)C)n(C(C(Cl)Cl)(n2nc(C(C)(C)C)cc2C(C)(C)C)n2nc(C(C)(C)C)cc2C(C)(C)C)n1. The van der Waals surface area contributed by atoms with Crippen LogP contribution in [-0.4, -0.2) is 34.2 Å². The molecule has 242 valence electrons. The summed E-state index contributed by atoms with van der Waals surface area (Å²) in [5.41, 5.74) is 4.34. The molecule has 0 spiro atoms. The third-order valence-corrected chi connectivity index (χ3v) is 8.55. The average Bonchev–Trinajstić information content (AvgIpc) is 3.49. The lowest BCUT2D eigenvalue weighted by molar-refractivity contribution is 0.103. The van der Waals surface area contributed by atoms with Crippen molar-refractivity contribution in [1.82, 2.24) is 29.3 Å². The van der Waals surface area contributed by atoms with Crippen LogP contribution < -0.4 is 0 Å². The molecule has 6 nitrogen and oxygen atoms in total. The van der Waals surface area contributed by atoms with Crippen molar-refractivity contribution in [3.05, 3.63) is 52.4 Å². The summed E-state index contributed by atoms with van der Waals surface area (Å²) in [6.07, 6.45) is 0. The molecule has 3 heterocycles. The molecule has 0 unspecified atom stereocenters. The molecule has 0 aliphatic carbocycles. The van der Waals surface area contributed by atoms with E-state index in [-0.39, 0.29) is 32.5 Å². The number of rotatable bonds is 4. The van der Waals surface area contributed by atoms with Gasteiger partial charge in [0.2, 0.25) is 0 Å². The first kappa shape index (κ1) is 35.7. The molecule has 3 rings (SSSR count). The van der Waals surface area contributed by atoms with E-state index in [1.165, 1.54) is 0 Å². The van der Waals surface area contributed by atoms with Crippen molar-refractivity contribution >= 4 is 23.2 Å². The average molecular weight is 634 g/mol. The summed E-state index contributed by atoms with van der Waals surface area (Å²) < 4.78 is 6.13. The summed E-state index contributed by atoms with van der Waals surface area (Å²) in [6.45, 7) is 39.5. The Bertz CT molecular complexity index is 1270. The van der Waals surface area contributed by atoms with E-state index < -0.39 is 10.6 Å². The Hall–Kier alpha value is -1.79. The number of nitrogens with zero attached hydrogens (tertiary/aromatic N) is 6. The Kier molecular flexibility index (Phi) is 8.83. The number of alkyl halides is 2. The van der Waals surface area contributed by atoms with Gasteiger partial charge in [0.15, 0.2) is 4.84 Å². The summed E-state index contributed by atoms with van der Waals surface area (Å²) in [5.74, 6) is -1.37. The molecule has 0 aliphatic rings. The number of hydrogen-bond donors (Lipinski definition) is 0. The first-order chi connectivity index (χ1) is 18.9. The van der Waals surface area contributed by atoms with Gasteiger partial charge in [-0.25, -0.2) is 14.0 Å². The first-order valence-electron chi connectivity index (χ1n) is 15.6. The molecule has 3 aromatic rings. The van der Waals surface area contributed by atoms with Gasteiger partial charge in [0.05, 0.1) is 17.1 Å². The molecule has 0 amide bonds. The van der Waals surface area contributed by atoms with E-state index in [0.29, 0.717) is 0 Å². The van der Waals surface area contributed by atoms with E-state index in [0.717, 1.165) is 34.2 Å². The van der Waals surface area contributed by atoms with Crippen molar-refractivity contribution in [3.8, 4) is 0 Å². The lowest BCUT2D eigenvalue weighted by atomic mass is 9.87. The second-order valence-electron chi connectivity index (χ2n) is 18.5. The van der Waals surface area contributed by atoms with Crippen LogP contribution in [0.15, 0.2) is 18.2 Å². The molecule has 0 aromatic carbocycles. The molecule has 0 aliphatic heterocycles. The summed E-state index contributed by atoms with van der Waals surface area (Å²) in [6, 6.07) is 6.63. The molecular formula is C35H58Cl2N6. The van der Waals surface area contributed by atoms with Gasteiger partial charge < -0.3 is 0 Å². The van der Waals surface area contributed by atoms with Crippen LogP contribution in [-0.2, 0) is 38.3 Å². The predicted octanol–water partition coefficient (Wildman–Crippen LogP) is 9.57. The third kappa shape index (κ3) is 6.61. The molecule has 0 radical (unpaired) electrons. The van der Waals surface area contributed by atoms with Crippen LogP contribution in [0.3, 0.4) is 0 Å². The van der Waals surface area contributed by atoms with Crippen molar-refractivity contribution in [2.75, 3.05) is 0 Å². The molecule has 3 aromatic heterocycles. The minimum Gasteiger partial charge on any atom is -0.218 e. The summed E-state index contributed by atoms with van der Waals surface area (Å²) in [7, 11) is 0. The van der Waals surface area contributed by atoms with Gasteiger partial charge in [0.1, 0.15) is 0 Å². The van der Waals surface area contributed by atoms with Crippen molar-refractivity contribution in [2.45, 2.75) is 168 Å². The summed E-state index contributed by atoms with van der Waals surface area (Å²) >= 11 is 14.8. The fourth-order valence-corrected chi connectivity index (χ4v) is 5.70. The van der Waals surface area contributed by atoms with Crippen LogP contribution in [0.1, 0.15) is 159 Å². The zero-order valence-electron chi connectivity index (χ0n) is 30.2. The van der Waals surface area contributed by atoms with E-state index in [4.69, 9.17) is 38.5 Å². The van der Waals surface area contributed by atoms with Crippen molar-refractivity contribution in [1.29, 1.82) is 0 Å². The highest BCUT2D eigenvalue weighted by Gasteiger charge is 2.53. The van der Waals surface area contributed by atoms with E-state index in [1.54, 1.807) is 0 Å². The quantitative estimate of drug-likeness (QED) is 0.269. The van der Waals surface area contributed by atoms with E-state index in [2.05, 4.69) is 143 Å². The van der Waals surface area contributed by atoms with Crippen LogP contribution in [0.25, 0.3) is 0 Å². The van der Waals surface area contributed by atoms with Crippen LogP contribution in [0.5, 0.6) is 0 Å². The number of halogens is 2. The lowest BCUT2D eigenvalue weighted by Crippen LogP contribution is -2.58. The molecule has 0 N–H and O–H groups in total. The highest BCUT2D eigenvalue weighted by molar-refractivity contribution is 6.45. The van der Waals surface area contributed by atoms with Gasteiger partial charge >= 0.3 is 0 Å². The molecule has 0 atom stereocenters. The number of hydrogen-bond acceptors (Lipinski definition) is 3. The van der Waals surface area contributed by atoms with E-state index in [1.807, 2.05) is 14.0 Å². The first-order valence-corrected chi connectivity index (χ1v) is 16.4. The highest BCUT2D eigenvalue weighted by atomic mass is 35.5. The van der Waals surface area contributed by atoms with E-state index >= 15 is 0 Å². The van der Waals surface area contributed by atoms with Gasteiger partial charge in [0.25, 0.3) is 5.79 Å². The molecule has 43 heavy (non-hydrogen) atoms. The zero-order valence-corrected chi connectivity index (χ0v) is 31.8. The fourth-order valence-electron chi connectivity index (χ4n) is 5.14. The molecule has 0 saturated carbocycles. The van der Waals surface area contributed by atoms with Crippen molar-refractivity contribution in [2.24, 2.45) is 0 Å². The predicted molar refractivity (Wildman–Crippen MR) is 183 cm³/mol. The summed E-state index contributed by atoms with van der Waals surface area (Å²) in [4.78, 5) is -1.02. The van der Waals surface area contributed by atoms with Gasteiger partial charge in [-0.2, -0.15) is 15.3 Å². The second-order valence-corrected chi connectivity index (χ2v) is 19.6. The highest BCUT2D eigenvalue weighted by Crippen LogP contribution is 2.44. The minimum absolute atomic E-state index is 0.216. The van der Waals surface area contributed by atoms with Crippen LogP contribution in [0.2, 0.25) is 0 Å². The van der Waals surface area contributed by atoms with Crippen LogP contribution >= 0.6 is 23.2 Å². The second kappa shape index (κ2) is 10.6. The molecule has 0 saturated heterocycles. The van der Waals surface area contributed by atoms with Gasteiger partial charge in [0, 0.05) is 49.6 Å². The topological polar surface area (TPSA) is 53.5 Å². The maximum absolute atomic E-state index is 7.42. The number of aromatic nitrogens is 6. The Morgan fingerprint density at radius 1 is 0.419 bits per heavy atom. The Balaban J connectivity index is 2.81. The van der Waals surface area contributed by atoms with E-state index in [9.17, 15) is 0 Å². The molecule has 8 heteroatoms. The normalized spacial score (nSPS) is 14.7. The molecule has 0 bridgehead atoms. The largest absolute Gasteiger partial charge is 0.280 e. The van der Waals surface area contributed by atoms with Crippen LogP contribution in [0.4, 0.5) is 0 Å². The maximum atomic E-state index is 7.42. The standard InChI is InChI=1S/C35H58Cl2N6/c1-29(2,3)22-19-25(32(10,11)12)41(38-22)35(28(36)37,42-26(33(13,14)15)20-23(39-42)30(4,5)6)43-27(34(16,17)18)21-24(40-43)31(7,8)9/h19-21,28H,1-18H3. The fraction of sp³-hybridized carbons (Fsp3) is 0.743. The monoisotopic (exact) mass is 632 g/mol. The van der Waals surface area contributed by atoms with Crippen molar-refractivity contribution in [3.63, 3.8) is 0 Å². The Labute approximate surface area is 271 Å². The van der Waals surface area contributed by atoms with Gasteiger partial charge in [-0.15, -0.1) is 0 Å². The minimum atomic E-state index is -1.37. The van der Waals surface area contributed by atoms with Gasteiger partial charge in [-0.3, -0.25) is 0 Å². The third-order valence-electron chi connectivity index (χ3n) is 7.97. The Morgan fingerprint density at radius 3 is 0.767 bits per heavy atom. The van der Waals surface area contributed by atoms with Crippen LogP contribution in [0, 0.1) is 0 Å². The zero-order chi connectivity index (χ0) is 33.5. The maximum Gasteiger partial charge on any atom is 0.280 e. The van der Waals surface area contributed by atoms with Gasteiger partial charge in [-0.05, 0) is 18.2 Å². The Morgan fingerprint density at radius 2 is 0.628 bits per heavy atom. The van der Waals surface area contributed by atoms with Crippen molar-refractivity contribution < 1.29 is 0 Å². The molecule has 0 fully saturated rings. The molecular weight excluding hydrogens is 575 g/mol. The lowest BCUT2D eigenvalue weighted by Gasteiger charge is -2.43. The van der Waals surface area contributed by atoms with Gasteiger partial charge in [-0.1, -0.05) is 148 Å². The smallest absolute Gasteiger partial charge is 0.218 e.